The van der Waals surface area contributed by atoms with Crippen molar-refractivity contribution in [3.8, 4) is 11.8 Å². The number of unbranched alkanes of at least 4 members (excludes halogenated alkanes) is 1. The van der Waals surface area contributed by atoms with Crippen molar-refractivity contribution in [3.63, 3.8) is 0 Å². The minimum atomic E-state index is -0.483. The van der Waals surface area contributed by atoms with Crippen molar-refractivity contribution in [2.24, 2.45) is 0 Å². The van der Waals surface area contributed by atoms with Gasteiger partial charge in [-0.3, -0.25) is 5.32 Å². The molecule has 0 aliphatic rings. The molecule has 0 bridgehead atoms. The first-order chi connectivity index (χ1) is 9.50. The van der Waals surface area contributed by atoms with Gasteiger partial charge in [-0.2, -0.15) is 5.26 Å². The Morgan fingerprint density at radius 3 is 2.80 bits per heavy atom. The van der Waals surface area contributed by atoms with Gasteiger partial charge in [0.25, 0.3) is 0 Å². The first-order valence-corrected chi connectivity index (χ1v) is 7.06. The Labute approximate surface area is 120 Å². The molecule has 0 fully saturated rings. The molecule has 20 heavy (non-hydrogen) atoms. The monoisotopic (exact) mass is 278 g/mol. The fourth-order valence-corrected chi connectivity index (χ4v) is 2.06. The number of hydrogen-bond donors (Lipinski definition) is 1. The Kier molecular flexibility index (Phi) is 6.47. The van der Waals surface area contributed by atoms with Crippen LogP contribution >= 0.6 is 0 Å². The van der Waals surface area contributed by atoms with Crippen molar-refractivity contribution in [1.29, 1.82) is 5.26 Å². The highest BCUT2D eigenvalue weighted by Crippen LogP contribution is 2.19. The molecule has 0 aromatic heterocycles. The highest BCUT2D eigenvalue weighted by atomic mass is 19.1. The quantitative estimate of drug-likeness (QED) is 0.739. The average molecular weight is 278 g/mol. The van der Waals surface area contributed by atoms with Crippen LogP contribution in [0.5, 0.6) is 5.75 Å². The van der Waals surface area contributed by atoms with Crippen molar-refractivity contribution in [1.82, 2.24) is 5.32 Å². The molecule has 1 unspecified atom stereocenters. The molecule has 0 saturated heterocycles. The molecule has 0 aliphatic heterocycles. The summed E-state index contributed by atoms with van der Waals surface area (Å²) in [5.41, 5.74) is 0.495. The van der Waals surface area contributed by atoms with Gasteiger partial charge in [0.05, 0.1) is 12.7 Å². The van der Waals surface area contributed by atoms with Crippen LogP contribution in [-0.2, 0) is 0 Å². The summed E-state index contributed by atoms with van der Waals surface area (Å²) in [5, 5.41) is 12.3. The fourth-order valence-electron chi connectivity index (χ4n) is 2.06. The van der Waals surface area contributed by atoms with E-state index in [1.807, 2.05) is 20.8 Å². The van der Waals surface area contributed by atoms with Gasteiger partial charge < -0.3 is 4.74 Å². The van der Waals surface area contributed by atoms with Crippen molar-refractivity contribution < 1.29 is 9.13 Å². The smallest absolute Gasteiger partial charge is 0.165 e. The highest BCUT2D eigenvalue weighted by Gasteiger charge is 2.21. The molecule has 0 saturated carbocycles. The standard InChI is InChI=1S/C16H23FN2O/c1-4-19-16(3,12-18)9-5-6-10-20-15-11-13(2)7-8-14(15)17/h7-8,11,19H,4-6,9-10H2,1-3H3. The van der Waals surface area contributed by atoms with Gasteiger partial charge in [0, 0.05) is 0 Å². The van der Waals surface area contributed by atoms with Gasteiger partial charge >= 0.3 is 0 Å². The number of aryl methyl sites for hydroxylation is 1. The lowest BCUT2D eigenvalue weighted by molar-refractivity contribution is 0.283. The summed E-state index contributed by atoms with van der Waals surface area (Å²) < 4.78 is 18.9. The minimum absolute atomic E-state index is 0.305. The summed E-state index contributed by atoms with van der Waals surface area (Å²) in [6, 6.07) is 7.13. The lowest BCUT2D eigenvalue weighted by atomic mass is 9.97. The van der Waals surface area contributed by atoms with Gasteiger partial charge in [-0.25, -0.2) is 4.39 Å². The zero-order chi connectivity index (χ0) is 15.0. The van der Waals surface area contributed by atoms with Gasteiger partial charge in [0.2, 0.25) is 0 Å². The zero-order valence-corrected chi connectivity index (χ0v) is 12.5. The molecule has 0 radical (unpaired) electrons. The molecule has 1 N–H and O–H groups in total. The molecule has 110 valence electrons. The topological polar surface area (TPSA) is 45.0 Å². The molecular weight excluding hydrogens is 255 g/mol. The van der Waals surface area contributed by atoms with Crippen LogP contribution in [0.25, 0.3) is 0 Å². The Hall–Kier alpha value is -1.60. The van der Waals surface area contributed by atoms with Gasteiger partial charge in [-0.15, -0.1) is 0 Å². The SMILES string of the molecule is CCNC(C)(C#N)CCCCOc1cc(C)ccc1F. The maximum Gasteiger partial charge on any atom is 0.165 e. The van der Waals surface area contributed by atoms with Crippen LogP contribution in [0.1, 0.15) is 38.7 Å². The van der Waals surface area contributed by atoms with E-state index in [-0.39, 0.29) is 5.82 Å². The number of nitrogens with one attached hydrogen (secondary N) is 1. The number of benzene rings is 1. The van der Waals surface area contributed by atoms with Gasteiger partial charge in [-0.05, 0) is 57.4 Å². The summed E-state index contributed by atoms with van der Waals surface area (Å²) in [6.07, 6.45) is 2.43. The minimum Gasteiger partial charge on any atom is -0.491 e. The van der Waals surface area contributed by atoms with E-state index >= 15 is 0 Å². The third-order valence-corrected chi connectivity index (χ3v) is 3.23. The van der Waals surface area contributed by atoms with Crippen molar-refractivity contribution in [2.45, 2.75) is 45.6 Å². The summed E-state index contributed by atoms with van der Waals surface area (Å²) in [5.74, 6) is -0.0233. The molecule has 1 rings (SSSR count). The van der Waals surface area contributed by atoms with E-state index in [0.717, 1.165) is 31.4 Å². The number of rotatable bonds is 8. The zero-order valence-electron chi connectivity index (χ0n) is 12.5. The highest BCUT2D eigenvalue weighted by molar-refractivity contribution is 5.29. The van der Waals surface area contributed by atoms with E-state index < -0.39 is 5.54 Å². The van der Waals surface area contributed by atoms with Crippen LogP contribution in [0.3, 0.4) is 0 Å². The third-order valence-electron chi connectivity index (χ3n) is 3.23. The number of nitriles is 1. The molecule has 1 aromatic rings. The van der Waals surface area contributed by atoms with E-state index in [4.69, 9.17) is 10.00 Å². The molecule has 0 spiro atoms. The number of hydrogen-bond acceptors (Lipinski definition) is 3. The largest absolute Gasteiger partial charge is 0.491 e. The summed E-state index contributed by atoms with van der Waals surface area (Å²) in [6.45, 7) is 7.03. The van der Waals surface area contributed by atoms with Gasteiger partial charge in [-0.1, -0.05) is 13.0 Å². The van der Waals surface area contributed by atoms with Crippen molar-refractivity contribution in [2.75, 3.05) is 13.2 Å². The lowest BCUT2D eigenvalue weighted by Crippen LogP contribution is -2.40. The second-order valence-electron chi connectivity index (χ2n) is 5.21. The average Bonchev–Trinajstić information content (AvgIpc) is 2.42. The number of nitrogens with zero attached hydrogens (tertiary/aromatic N) is 1. The maximum absolute atomic E-state index is 13.4. The second kappa shape index (κ2) is 7.86. The third kappa shape index (κ3) is 5.18. The second-order valence-corrected chi connectivity index (χ2v) is 5.21. The molecule has 0 heterocycles. The molecule has 1 atom stereocenters. The van der Waals surface area contributed by atoms with E-state index in [0.29, 0.717) is 12.4 Å². The van der Waals surface area contributed by atoms with Crippen LogP contribution in [0.2, 0.25) is 0 Å². The van der Waals surface area contributed by atoms with Crippen LogP contribution in [0.15, 0.2) is 18.2 Å². The van der Waals surface area contributed by atoms with Gasteiger partial charge in [0.15, 0.2) is 11.6 Å². The Morgan fingerprint density at radius 1 is 1.40 bits per heavy atom. The normalized spacial score (nSPS) is 13.6. The molecule has 1 aromatic carbocycles. The fraction of sp³-hybridized carbons (Fsp3) is 0.562. The molecule has 0 amide bonds. The Balaban J connectivity index is 2.32. The Morgan fingerprint density at radius 2 is 2.15 bits per heavy atom. The number of ether oxygens (including phenoxy) is 1. The first kappa shape index (κ1) is 16.5. The van der Waals surface area contributed by atoms with Crippen LogP contribution in [-0.4, -0.2) is 18.7 Å². The predicted molar refractivity (Wildman–Crippen MR) is 78.2 cm³/mol. The van der Waals surface area contributed by atoms with E-state index in [9.17, 15) is 4.39 Å². The van der Waals surface area contributed by atoms with Crippen LogP contribution in [0, 0.1) is 24.1 Å². The maximum atomic E-state index is 13.4. The molecule has 4 heteroatoms. The summed E-state index contributed by atoms with van der Waals surface area (Å²) >= 11 is 0. The lowest BCUT2D eigenvalue weighted by Gasteiger charge is -2.22. The van der Waals surface area contributed by atoms with Crippen molar-refractivity contribution >= 4 is 0 Å². The predicted octanol–water partition coefficient (Wildman–Crippen LogP) is 3.58. The Bertz CT molecular complexity index is 470. The van der Waals surface area contributed by atoms with E-state index in [1.165, 1.54) is 6.07 Å². The molecular formula is C16H23FN2O. The van der Waals surface area contributed by atoms with E-state index in [1.54, 1.807) is 12.1 Å². The van der Waals surface area contributed by atoms with Crippen LogP contribution in [0.4, 0.5) is 4.39 Å². The summed E-state index contributed by atoms with van der Waals surface area (Å²) in [4.78, 5) is 0. The molecule has 3 nitrogen and oxygen atoms in total. The number of halogens is 1. The van der Waals surface area contributed by atoms with E-state index in [2.05, 4.69) is 11.4 Å². The van der Waals surface area contributed by atoms with Gasteiger partial charge in [0.1, 0.15) is 5.54 Å². The van der Waals surface area contributed by atoms with Crippen molar-refractivity contribution in [3.05, 3.63) is 29.6 Å². The van der Waals surface area contributed by atoms with Crippen LogP contribution < -0.4 is 10.1 Å². The summed E-state index contributed by atoms with van der Waals surface area (Å²) in [7, 11) is 0. The molecule has 0 aliphatic carbocycles. The first-order valence-electron chi connectivity index (χ1n) is 7.06.